The largest absolute Gasteiger partial charge is 0.354 e. The van der Waals surface area contributed by atoms with Gasteiger partial charge in [0.2, 0.25) is 5.91 Å². The summed E-state index contributed by atoms with van der Waals surface area (Å²) >= 11 is 0. The standard InChI is InChI=1S/C15H19FN4O/c16-10-3-4-11-12(9-10)20-13(19-11)5-8-18-14(21)15(17)6-1-2-7-15/h3-4,9H,1-2,5-8,17H2,(H,18,21)(H,19,20). The number of hydrogen-bond donors (Lipinski definition) is 3. The van der Waals surface area contributed by atoms with Gasteiger partial charge in [0.1, 0.15) is 11.6 Å². The lowest BCUT2D eigenvalue weighted by molar-refractivity contribution is -0.126. The minimum absolute atomic E-state index is 0.0813. The molecule has 5 nitrogen and oxygen atoms in total. The first kappa shape index (κ1) is 14.0. The fraction of sp³-hybridized carbons (Fsp3) is 0.467. The van der Waals surface area contributed by atoms with Crippen molar-refractivity contribution in [1.29, 1.82) is 0 Å². The summed E-state index contributed by atoms with van der Waals surface area (Å²) in [5, 5.41) is 2.87. The van der Waals surface area contributed by atoms with Gasteiger partial charge in [-0.25, -0.2) is 9.37 Å². The number of carbonyl (C=O) groups is 1. The number of imidazole rings is 1. The number of rotatable bonds is 4. The minimum atomic E-state index is -0.697. The van der Waals surface area contributed by atoms with Gasteiger partial charge in [-0.05, 0) is 31.0 Å². The van der Waals surface area contributed by atoms with E-state index in [4.69, 9.17) is 5.73 Å². The van der Waals surface area contributed by atoms with Crippen LogP contribution in [0, 0.1) is 5.82 Å². The molecule has 1 aromatic heterocycles. The molecule has 0 spiro atoms. The molecular weight excluding hydrogens is 271 g/mol. The molecule has 6 heteroatoms. The van der Waals surface area contributed by atoms with Crippen LogP contribution in [0.5, 0.6) is 0 Å². The van der Waals surface area contributed by atoms with E-state index in [1.54, 1.807) is 6.07 Å². The maximum atomic E-state index is 13.1. The molecule has 1 saturated carbocycles. The van der Waals surface area contributed by atoms with Gasteiger partial charge in [-0.2, -0.15) is 0 Å². The van der Waals surface area contributed by atoms with Crippen molar-refractivity contribution >= 4 is 16.9 Å². The number of halogens is 1. The SMILES string of the molecule is NC1(C(=O)NCCc2nc3ccc(F)cc3[nH]2)CCCC1. The van der Waals surface area contributed by atoms with Crippen molar-refractivity contribution < 1.29 is 9.18 Å². The van der Waals surface area contributed by atoms with Crippen molar-refractivity contribution in [2.24, 2.45) is 5.73 Å². The highest BCUT2D eigenvalue weighted by atomic mass is 19.1. The van der Waals surface area contributed by atoms with E-state index in [0.717, 1.165) is 37.0 Å². The topological polar surface area (TPSA) is 83.8 Å². The van der Waals surface area contributed by atoms with Crippen LogP contribution in [0.2, 0.25) is 0 Å². The van der Waals surface area contributed by atoms with E-state index in [-0.39, 0.29) is 11.7 Å². The van der Waals surface area contributed by atoms with E-state index in [1.165, 1.54) is 12.1 Å². The highest BCUT2D eigenvalue weighted by Crippen LogP contribution is 2.27. The maximum Gasteiger partial charge on any atom is 0.240 e. The first-order chi connectivity index (χ1) is 10.1. The molecule has 3 rings (SSSR count). The molecule has 1 aromatic carbocycles. The van der Waals surface area contributed by atoms with Gasteiger partial charge in [-0.1, -0.05) is 12.8 Å². The minimum Gasteiger partial charge on any atom is -0.354 e. The third-order valence-corrected chi connectivity index (χ3v) is 4.09. The van der Waals surface area contributed by atoms with Crippen LogP contribution in [0.3, 0.4) is 0 Å². The molecule has 0 unspecified atom stereocenters. The van der Waals surface area contributed by atoms with Gasteiger partial charge in [0.25, 0.3) is 0 Å². The van der Waals surface area contributed by atoms with Crippen LogP contribution in [0.1, 0.15) is 31.5 Å². The van der Waals surface area contributed by atoms with Gasteiger partial charge < -0.3 is 16.0 Å². The lowest BCUT2D eigenvalue weighted by atomic mass is 9.98. The van der Waals surface area contributed by atoms with Crippen LogP contribution in [0.15, 0.2) is 18.2 Å². The molecule has 1 aliphatic rings. The highest BCUT2D eigenvalue weighted by Gasteiger charge is 2.36. The number of benzene rings is 1. The van der Waals surface area contributed by atoms with E-state index in [2.05, 4.69) is 15.3 Å². The molecule has 112 valence electrons. The summed E-state index contributed by atoms with van der Waals surface area (Å²) < 4.78 is 13.1. The molecule has 0 bridgehead atoms. The van der Waals surface area contributed by atoms with Gasteiger partial charge >= 0.3 is 0 Å². The Hall–Kier alpha value is -1.95. The molecule has 2 aromatic rings. The molecule has 0 radical (unpaired) electrons. The second kappa shape index (κ2) is 5.44. The third-order valence-electron chi connectivity index (χ3n) is 4.09. The van der Waals surface area contributed by atoms with Crippen LogP contribution < -0.4 is 11.1 Å². The number of hydrogen-bond acceptors (Lipinski definition) is 3. The van der Waals surface area contributed by atoms with E-state index in [1.807, 2.05) is 0 Å². The number of fused-ring (bicyclic) bond motifs is 1. The van der Waals surface area contributed by atoms with Crippen molar-refractivity contribution in [3.05, 3.63) is 29.8 Å². The average Bonchev–Trinajstić information content (AvgIpc) is 3.05. The monoisotopic (exact) mass is 290 g/mol. The summed E-state index contributed by atoms with van der Waals surface area (Å²) in [5.41, 5.74) is 6.78. The summed E-state index contributed by atoms with van der Waals surface area (Å²) in [6.07, 6.45) is 4.10. The van der Waals surface area contributed by atoms with Crippen molar-refractivity contribution in [2.75, 3.05) is 6.54 Å². The summed E-state index contributed by atoms with van der Waals surface area (Å²) in [5.74, 6) is 0.354. The Kier molecular flexibility index (Phi) is 3.63. The van der Waals surface area contributed by atoms with E-state index < -0.39 is 5.54 Å². The molecule has 1 aliphatic carbocycles. The normalized spacial score (nSPS) is 17.2. The Morgan fingerprint density at radius 2 is 2.19 bits per heavy atom. The maximum absolute atomic E-state index is 13.1. The molecule has 1 amide bonds. The molecule has 21 heavy (non-hydrogen) atoms. The molecule has 1 heterocycles. The molecule has 1 fully saturated rings. The van der Waals surface area contributed by atoms with Crippen LogP contribution >= 0.6 is 0 Å². The number of H-pyrrole nitrogens is 1. The van der Waals surface area contributed by atoms with E-state index in [0.29, 0.717) is 18.5 Å². The Labute approximate surface area is 122 Å². The van der Waals surface area contributed by atoms with Crippen molar-refractivity contribution in [1.82, 2.24) is 15.3 Å². The fourth-order valence-corrected chi connectivity index (χ4v) is 2.86. The van der Waals surface area contributed by atoms with Crippen LogP contribution in [0.25, 0.3) is 11.0 Å². The molecular formula is C15H19FN4O. The predicted molar refractivity (Wildman–Crippen MR) is 78.2 cm³/mol. The number of nitrogens with zero attached hydrogens (tertiary/aromatic N) is 1. The first-order valence-corrected chi connectivity index (χ1v) is 7.28. The Bertz CT molecular complexity index is 661. The number of amides is 1. The van der Waals surface area contributed by atoms with Crippen molar-refractivity contribution in [2.45, 2.75) is 37.6 Å². The smallest absolute Gasteiger partial charge is 0.240 e. The van der Waals surface area contributed by atoms with Crippen LogP contribution in [0.4, 0.5) is 4.39 Å². The third kappa shape index (κ3) is 2.90. The van der Waals surface area contributed by atoms with E-state index >= 15 is 0 Å². The van der Waals surface area contributed by atoms with Gasteiger partial charge in [0, 0.05) is 13.0 Å². The first-order valence-electron chi connectivity index (χ1n) is 7.28. The number of aromatic nitrogens is 2. The predicted octanol–water partition coefficient (Wildman–Crippen LogP) is 1.63. The summed E-state index contributed by atoms with van der Waals surface area (Å²) in [6.45, 7) is 0.472. The fourth-order valence-electron chi connectivity index (χ4n) is 2.86. The number of aromatic amines is 1. The van der Waals surface area contributed by atoms with Gasteiger partial charge in [-0.15, -0.1) is 0 Å². The second-order valence-corrected chi connectivity index (χ2v) is 5.71. The van der Waals surface area contributed by atoms with Crippen LogP contribution in [-0.4, -0.2) is 28.0 Å². The summed E-state index contributed by atoms with van der Waals surface area (Å²) in [6, 6.07) is 4.43. The van der Waals surface area contributed by atoms with Gasteiger partial charge in [0.15, 0.2) is 0 Å². The van der Waals surface area contributed by atoms with Crippen molar-refractivity contribution in [3.8, 4) is 0 Å². The Morgan fingerprint density at radius 3 is 2.95 bits per heavy atom. The Morgan fingerprint density at radius 1 is 1.43 bits per heavy atom. The van der Waals surface area contributed by atoms with Crippen molar-refractivity contribution in [3.63, 3.8) is 0 Å². The second-order valence-electron chi connectivity index (χ2n) is 5.71. The molecule has 0 atom stereocenters. The van der Waals surface area contributed by atoms with Crippen LogP contribution in [-0.2, 0) is 11.2 Å². The average molecular weight is 290 g/mol. The molecule has 4 N–H and O–H groups in total. The summed E-state index contributed by atoms with van der Waals surface area (Å²) in [7, 11) is 0. The highest BCUT2D eigenvalue weighted by molar-refractivity contribution is 5.86. The number of nitrogens with one attached hydrogen (secondary N) is 2. The zero-order valence-electron chi connectivity index (χ0n) is 11.8. The van der Waals surface area contributed by atoms with E-state index in [9.17, 15) is 9.18 Å². The number of carbonyl (C=O) groups excluding carboxylic acids is 1. The molecule has 0 aliphatic heterocycles. The molecule has 0 saturated heterocycles. The quantitative estimate of drug-likeness (QED) is 0.800. The summed E-state index contributed by atoms with van der Waals surface area (Å²) in [4.78, 5) is 19.5. The lowest BCUT2D eigenvalue weighted by Crippen LogP contribution is -2.52. The van der Waals surface area contributed by atoms with Gasteiger partial charge in [-0.3, -0.25) is 4.79 Å². The zero-order valence-corrected chi connectivity index (χ0v) is 11.8. The lowest BCUT2D eigenvalue weighted by Gasteiger charge is -2.21. The Balaban J connectivity index is 1.58. The number of nitrogens with two attached hydrogens (primary N) is 1. The van der Waals surface area contributed by atoms with Gasteiger partial charge in [0.05, 0.1) is 16.6 Å². The zero-order chi connectivity index (χ0) is 14.9.